The molecule has 1 heterocycles. The summed E-state index contributed by atoms with van der Waals surface area (Å²) in [5, 5.41) is 12.8. The molecule has 1 aromatic heterocycles. The molecule has 3 aromatic rings. The fourth-order valence-electron chi connectivity index (χ4n) is 2.47. The second kappa shape index (κ2) is 5.89. The lowest BCUT2D eigenvalue weighted by molar-refractivity contribution is 0.0940. The monoisotopic (exact) mass is 327 g/mol. The van der Waals surface area contributed by atoms with Crippen LogP contribution in [0.25, 0.3) is 10.2 Å². The summed E-state index contributed by atoms with van der Waals surface area (Å²) in [7, 11) is 0. The van der Waals surface area contributed by atoms with Crippen molar-refractivity contribution in [2.45, 2.75) is 19.9 Å². The van der Waals surface area contributed by atoms with Crippen molar-refractivity contribution in [2.75, 3.05) is 5.73 Å². The maximum absolute atomic E-state index is 12.5. The molecule has 0 saturated carbocycles. The minimum absolute atomic E-state index is 0.150. The number of nitrogen functional groups attached to an aromatic ring is 1. The van der Waals surface area contributed by atoms with Crippen molar-refractivity contribution < 1.29 is 9.90 Å². The number of amides is 1. The van der Waals surface area contributed by atoms with E-state index in [1.165, 1.54) is 11.3 Å². The van der Waals surface area contributed by atoms with Gasteiger partial charge in [0.15, 0.2) is 5.13 Å². The van der Waals surface area contributed by atoms with Crippen LogP contribution in [0, 0.1) is 6.92 Å². The lowest BCUT2D eigenvalue weighted by Gasteiger charge is -2.15. The van der Waals surface area contributed by atoms with E-state index >= 15 is 0 Å². The zero-order valence-electron chi connectivity index (χ0n) is 12.8. The number of hydrogen-bond donors (Lipinski definition) is 3. The second-order valence-electron chi connectivity index (χ2n) is 5.48. The van der Waals surface area contributed by atoms with E-state index in [4.69, 9.17) is 5.73 Å². The number of nitrogens with one attached hydrogen (secondary N) is 1. The van der Waals surface area contributed by atoms with Crippen LogP contribution in [0.2, 0.25) is 0 Å². The van der Waals surface area contributed by atoms with E-state index in [9.17, 15) is 9.90 Å². The Morgan fingerprint density at radius 3 is 2.70 bits per heavy atom. The van der Waals surface area contributed by atoms with Gasteiger partial charge in [0.2, 0.25) is 0 Å². The fourth-order valence-corrected chi connectivity index (χ4v) is 3.32. The van der Waals surface area contributed by atoms with Crippen LogP contribution in [0.15, 0.2) is 36.4 Å². The summed E-state index contributed by atoms with van der Waals surface area (Å²) in [5.41, 5.74) is 9.03. The molecule has 3 rings (SSSR count). The molecule has 0 radical (unpaired) electrons. The predicted octanol–water partition coefficient (Wildman–Crippen LogP) is 3.38. The standard InChI is InChI=1S/C17H17N3O2S/c1-9-7-12(8-14-15(9)20-17(18)23-14)16(22)19-10(2)11-3-5-13(21)6-4-11/h3-8,10,21H,1-2H3,(H2,18,20)(H,19,22). The average molecular weight is 327 g/mol. The zero-order valence-corrected chi connectivity index (χ0v) is 13.6. The Bertz CT molecular complexity index is 871. The first-order valence-corrected chi connectivity index (χ1v) is 8.02. The van der Waals surface area contributed by atoms with Gasteiger partial charge < -0.3 is 16.2 Å². The van der Waals surface area contributed by atoms with Crippen molar-refractivity contribution in [3.63, 3.8) is 0 Å². The smallest absolute Gasteiger partial charge is 0.251 e. The van der Waals surface area contributed by atoms with E-state index < -0.39 is 0 Å². The normalized spacial score (nSPS) is 12.3. The molecule has 6 heteroatoms. The van der Waals surface area contributed by atoms with E-state index in [2.05, 4.69) is 10.3 Å². The number of aromatic nitrogens is 1. The predicted molar refractivity (Wildman–Crippen MR) is 92.8 cm³/mol. The number of carbonyl (C=O) groups excluding carboxylic acids is 1. The minimum Gasteiger partial charge on any atom is -0.508 e. The quantitative estimate of drug-likeness (QED) is 0.688. The lowest BCUT2D eigenvalue weighted by atomic mass is 10.1. The number of aromatic hydroxyl groups is 1. The molecule has 1 amide bonds. The van der Waals surface area contributed by atoms with E-state index in [-0.39, 0.29) is 17.7 Å². The Morgan fingerprint density at radius 1 is 1.30 bits per heavy atom. The Balaban J connectivity index is 1.84. The summed E-state index contributed by atoms with van der Waals surface area (Å²) >= 11 is 1.37. The molecule has 23 heavy (non-hydrogen) atoms. The summed E-state index contributed by atoms with van der Waals surface area (Å²) in [5.74, 6) is 0.0543. The van der Waals surface area contributed by atoms with Gasteiger partial charge in [-0.1, -0.05) is 23.5 Å². The van der Waals surface area contributed by atoms with E-state index in [0.717, 1.165) is 21.3 Å². The maximum Gasteiger partial charge on any atom is 0.251 e. The number of nitrogens with two attached hydrogens (primary N) is 1. The molecule has 0 bridgehead atoms. The SMILES string of the molecule is Cc1cc(C(=O)NC(C)c2ccc(O)cc2)cc2sc(N)nc12. The molecule has 1 atom stereocenters. The minimum atomic E-state index is -0.161. The average Bonchev–Trinajstić information content (AvgIpc) is 2.88. The number of phenolic OH excluding ortho intramolecular Hbond substituents is 1. The number of benzene rings is 2. The third-order valence-corrected chi connectivity index (χ3v) is 4.54. The number of rotatable bonds is 3. The third kappa shape index (κ3) is 3.12. The van der Waals surface area contributed by atoms with Gasteiger partial charge in [-0.3, -0.25) is 4.79 Å². The molecule has 0 aliphatic heterocycles. The van der Waals surface area contributed by atoms with Crippen LogP contribution in [0.3, 0.4) is 0 Å². The first-order chi connectivity index (χ1) is 10.9. The fraction of sp³-hybridized carbons (Fsp3) is 0.176. The Morgan fingerprint density at radius 2 is 2.00 bits per heavy atom. The van der Waals surface area contributed by atoms with Crippen molar-refractivity contribution in [1.82, 2.24) is 10.3 Å². The first-order valence-electron chi connectivity index (χ1n) is 7.20. The number of nitrogens with zero attached hydrogens (tertiary/aromatic N) is 1. The Labute approximate surface area is 137 Å². The van der Waals surface area contributed by atoms with E-state index in [1.807, 2.05) is 26.0 Å². The van der Waals surface area contributed by atoms with Gasteiger partial charge in [0.05, 0.1) is 16.3 Å². The van der Waals surface area contributed by atoms with Gasteiger partial charge in [0, 0.05) is 5.56 Å². The second-order valence-corrected chi connectivity index (χ2v) is 6.54. The molecule has 0 aliphatic carbocycles. The molecular formula is C17H17N3O2S. The number of carbonyl (C=O) groups is 1. The molecule has 118 valence electrons. The van der Waals surface area contributed by atoms with E-state index in [0.29, 0.717) is 10.7 Å². The van der Waals surface area contributed by atoms with Crippen molar-refractivity contribution in [2.24, 2.45) is 0 Å². The Hall–Kier alpha value is -2.60. The highest BCUT2D eigenvalue weighted by Crippen LogP contribution is 2.28. The number of aryl methyl sites for hydroxylation is 1. The van der Waals surface area contributed by atoms with Crippen molar-refractivity contribution in [3.05, 3.63) is 53.1 Å². The summed E-state index contributed by atoms with van der Waals surface area (Å²) in [6, 6.07) is 10.3. The molecule has 0 spiro atoms. The highest BCUT2D eigenvalue weighted by atomic mass is 32.1. The molecule has 1 unspecified atom stereocenters. The van der Waals surface area contributed by atoms with Crippen LogP contribution in [0.4, 0.5) is 5.13 Å². The summed E-state index contributed by atoms with van der Waals surface area (Å²) in [4.78, 5) is 16.8. The largest absolute Gasteiger partial charge is 0.508 e. The van der Waals surface area contributed by atoms with Gasteiger partial charge in [-0.25, -0.2) is 4.98 Å². The topological polar surface area (TPSA) is 88.2 Å². The van der Waals surface area contributed by atoms with Crippen LogP contribution in [0.1, 0.15) is 34.5 Å². The highest BCUT2D eigenvalue weighted by Gasteiger charge is 2.14. The van der Waals surface area contributed by atoms with Crippen LogP contribution in [0.5, 0.6) is 5.75 Å². The van der Waals surface area contributed by atoms with Gasteiger partial charge in [0.25, 0.3) is 5.91 Å². The first kappa shape index (κ1) is 15.3. The molecule has 0 aliphatic rings. The number of anilines is 1. The third-order valence-electron chi connectivity index (χ3n) is 3.70. The number of phenols is 1. The van der Waals surface area contributed by atoms with E-state index in [1.54, 1.807) is 24.3 Å². The maximum atomic E-state index is 12.5. The van der Waals surface area contributed by atoms with Crippen molar-refractivity contribution in [1.29, 1.82) is 0 Å². The highest BCUT2D eigenvalue weighted by molar-refractivity contribution is 7.22. The summed E-state index contributed by atoms with van der Waals surface area (Å²) in [6.07, 6.45) is 0. The zero-order chi connectivity index (χ0) is 16.6. The number of hydrogen-bond acceptors (Lipinski definition) is 5. The number of thiazole rings is 1. The summed E-state index contributed by atoms with van der Waals surface area (Å²) in [6.45, 7) is 3.82. The molecule has 0 saturated heterocycles. The molecular weight excluding hydrogens is 310 g/mol. The number of fused-ring (bicyclic) bond motifs is 1. The lowest BCUT2D eigenvalue weighted by Crippen LogP contribution is -2.26. The van der Waals surface area contributed by atoms with Crippen LogP contribution < -0.4 is 11.1 Å². The van der Waals surface area contributed by atoms with Gasteiger partial charge in [0.1, 0.15) is 5.75 Å². The molecule has 5 nitrogen and oxygen atoms in total. The molecule has 0 fully saturated rings. The van der Waals surface area contributed by atoms with Gasteiger partial charge in [-0.15, -0.1) is 0 Å². The summed E-state index contributed by atoms with van der Waals surface area (Å²) < 4.78 is 0.907. The van der Waals surface area contributed by atoms with Crippen molar-refractivity contribution in [3.8, 4) is 5.75 Å². The molecule has 4 N–H and O–H groups in total. The Kier molecular flexibility index (Phi) is 3.92. The van der Waals surface area contributed by atoms with Gasteiger partial charge in [-0.2, -0.15) is 0 Å². The van der Waals surface area contributed by atoms with Gasteiger partial charge >= 0.3 is 0 Å². The van der Waals surface area contributed by atoms with Crippen molar-refractivity contribution >= 4 is 32.6 Å². The van der Waals surface area contributed by atoms with Crippen LogP contribution in [-0.4, -0.2) is 16.0 Å². The van der Waals surface area contributed by atoms with Crippen LogP contribution >= 0.6 is 11.3 Å². The van der Waals surface area contributed by atoms with Gasteiger partial charge in [-0.05, 0) is 49.2 Å². The molecule has 2 aromatic carbocycles. The van der Waals surface area contributed by atoms with Crippen LogP contribution in [-0.2, 0) is 0 Å².